The Morgan fingerprint density at radius 3 is 2.88 bits per heavy atom. The highest BCUT2D eigenvalue weighted by molar-refractivity contribution is 5.39. The van der Waals surface area contributed by atoms with Crippen LogP contribution in [0.5, 0.6) is 5.75 Å². The summed E-state index contributed by atoms with van der Waals surface area (Å²) in [6.07, 6.45) is 1.34. The Morgan fingerprint density at radius 2 is 2.29 bits per heavy atom. The van der Waals surface area contributed by atoms with Gasteiger partial charge in [-0.15, -0.1) is 0 Å². The van der Waals surface area contributed by atoms with Crippen LogP contribution in [0.25, 0.3) is 0 Å². The van der Waals surface area contributed by atoms with Crippen molar-refractivity contribution in [3.8, 4) is 5.75 Å². The number of hydrogen-bond acceptors (Lipinski definition) is 3. The molecule has 0 aromatic heterocycles. The number of ether oxygens (including phenoxy) is 2. The highest BCUT2D eigenvalue weighted by atomic mass is 16.5. The van der Waals surface area contributed by atoms with Gasteiger partial charge in [0.05, 0.1) is 25.9 Å². The molecule has 0 aliphatic carbocycles. The van der Waals surface area contributed by atoms with Crippen LogP contribution in [0.4, 0.5) is 0 Å². The Hall–Kier alpha value is -1.06. The summed E-state index contributed by atoms with van der Waals surface area (Å²) in [7, 11) is 1.72. The van der Waals surface area contributed by atoms with Crippen LogP contribution in [0.2, 0.25) is 0 Å². The summed E-state index contributed by atoms with van der Waals surface area (Å²) in [5, 5.41) is 3.51. The zero-order valence-electron chi connectivity index (χ0n) is 10.8. The fourth-order valence-electron chi connectivity index (χ4n) is 2.16. The maximum Gasteiger partial charge on any atom is 0.123 e. The Kier molecular flexibility index (Phi) is 4.02. The molecule has 3 heteroatoms. The zero-order valence-corrected chi connectivity index (χ0v) is 10.8. The van der Waals surface area contributed by atoms with E-state index in [2.05, 4.69) is 31.3 Å². The van der Waals surface area contributed by atoms with Crippen molar-refractivity contribution in [1.82, 2.24) is 5.32 Å². The molecule has 1 saturated heterocycles. The third-order valence-corrected chi connectivity index (χ3v) is 3.28. The van der Waals surface area contributed by atoms with Crippen molar-refractivity contribution in [1.29, 1.82) is 0 Å². The Balaban J connectivity index is 2.23. The Labute approximate surface area is 103 Å². The van der Waals surface area contributed by atoms with Gasteiger partial charge in [-0.3, -0.25) is 0 Å². The van der Waals surface area contributed by atoms with E-state index in [0.717, 1.165) is 18.7 Å². The van der Waals surface area contributed by atoms with Crippen LogP contribution >= 0.6 is 0 Å². The van der Waals surface area contributed by atoms with Gasteiger partial charge in [-0.1, -0.05) is 19.1 Å². The second kappa shape index (κ2) is 5.52. The van der Waals surface area contributed by atoms with Crippen molar-refractivity contribution < 1.29 is 9.47 Å². The first-order chi connectivity index (χ1) is 8.24. The molecule has 94 valence electrons. The molecule has 1 heterocycles. The zero-order chi connectivity index (χ0) is 12.3. The van der Waals surface area contributed by atoms with E-state index >= 15 is 0 Å². The summed E-state index contributed by atoms with van der Waals surface area (Å²) < 4.78 is 11.1. The monoisotopic (exact) mass is 235 g/mol. The summed E-state index contributed by atoms with van der Waals surface area (Å²) in [5.74, 6) is 0.942. The summed E-state index contributed by atoms with van der Waals surface area (Å²) >= 11 is 0. The van der Waals surface area contributed by atoms with Crippen molar-refractivity contribution in [2.75, 3.05) is 20.3 Å². The minimum atomic E-state index is 0.243. The van der Waals surface area contributed by atoms with Crippen LogP contribution in [0.15, 0.2) is 18.2 Å². The lowest BCUT2D eigenvalue weighted by Crippen LogP contribution is -2.39. The van der Waals surface area contributed by atoms with Gasteiger partial charge >= 0.3 is 0 Å². The van der Waals surface area contributed by atoms with E-state index < -0.39 is 0 Å². The second-order valence-corrected chi connectivity index (χ2v) is 4.53. The van der Waals surface area contributed by atoms with Crippen LogP contribution in [0.3, 0.4) is 0 Å². The molecule has 0 amide bonds. The van der Waals surface area contributed by atoms with Crippen LogP contribution in [0.1, 0.15) is 31.0 Å². The Bertz CT molecular complexity index is 370. The number of methoxy groups -OCH3 is 1. The van der Waals surface area contributed by atoms with E-state index in [-0.39, 0.29) is 6.04 Å². The standard InChI is InChI=1S/C14H21NO2/c1-4-11-5-6-14(16-3)12(7-11)13-9-17-10(2)8-15-13/h5-7,10,13,15H,4,8-9H2,1-3H3. The predicted molar refractivity (Wildman–Crippen MR) is 68.5 cm³/mol. The maximum atomic E-state index is 5.70. The lowest BCUT2D eigenvalue weighted by Gasteiger charge is -2.29. The molecule has 2 unspecified atom stereocenters. The van der Waals surface area contributed by atoms with Gasteiger partial charge in [0.15, 0.2) is 0 Å². The van der Waals surface area contributed by atoms with Gasteiger partial charge < -0.3 is 14.8 Å². The molecule has 1 aromatic rings. The average molecular weight is 235 g/mol. The third kappa shape index (κ3) is 2.79. The van der Waals surface area contributed by atoms with Crippen molar-refractivity contribution in [3.05, 3.63) is 29.3 Å². The maximum absolute atomic E-state index is 5.70. The second-order valence-electron chi connectivity index (χ2n) is 4.53. The molecule has 1 aliphatic heterocycles. The normalized spacial score (nSPS) is 24.6. The minimum absolute atomic E-state index is 0.243. The van der Waals surface area contributed by atoms with Gasteiger partial charge in [-0.2, -0.15) is 0 Å². The van der Waals surface area contributed by atoms with E-state index in [9.17, 15) is 0 Å². The molecule has 17 heavy (non-hydrogen) atoms. The van der Waals surface area contributed by atoms with Crippen molar-refractivity contribution in [3.63, 3.8) is 0 Å². The third-order valence-electron chi connectivity index (χ3n) is 3.28. The molecule has 0 saturated carbocycles. The molecule has 0 bridgehead atoms. The lowest BCUT2D eigenvalue weighted by molar-refractivity contribution is 0.0144. The van der Waals surface area contributed by atoms with Gasteiger partial charge in [0.2, 0.25) is 0 Å². The van der Waals surface area contributed by atoms with Crippen molar-refractivity contribution >= 4 is 0 Å². The molecule has 0 radical (unpaired) electrons. The highest BCUT2D eigenvalue weighted by Crippen LogP contribution is 2.28. The molecule has 1 fully saturated rings. The van der Waals surface area contributed by atoms with E-state index in [1.54, 1.807) is 7.11 Å². The fourth-order valence-corrected chi connectivity index (χ4v) is 2.16. The average Bonchev–Trinajstić information content (AvgIpc) is 2.39. The predicted octanol–water partition coefficient (Wildman–Crippen LogP) is 2.31. The summed E-state index contributed by atoms with van der Waals surface area (Å²) in [4.78, 5) is 0. The van der Waals surface area contributed by atoms with Crippen LogP contribution in [-0.4, -0.2) is 26.4 Å². The first kappa shape index (κ1) is 12.4. The van der Waals surface area contributed by atoms with Gasteiger partial charge in [0.1, 0.15) is 5.75 Å². The van der Waals surface area contributed by atoms with Gasteiger partial charge in [-0.25, -0.2) is 0 Å². The Morgan fingerprint density at radius 1 is 1.47 bits per heavy atom. The summed E-state index contributed by atoms with van der Waals surface area (Å²) in [5.41, 5.74) is 2.54. The van der Waals surface area contributed by atoms with E-state index in [1.807, 2.05) is 6.07 Å². The molecule has 3 nitrogen and oxygen atoms in total. The molecule has 2 rings (SSSR count). The number of benzene rings is 1. The van der Waals surface area contributed by atoms with Gasteiger partial charge in [0.25, 0.3) is 0 Å². The topological polar surface area (TPSA) is 30.5 Å². The largest absolute Gasteiger partial charge is 0.496 e. The quantitative estimate of drug-likeness (QED) is 0.872. The van der Waals surface area contributed by atoms with Gasteiger partial charge in [-0.05, 0) is 25.0 Å². The number of morpholine rings is 1. The number of nitrogens with one attached hydrogen (secondary N) is 1. The molecule has 1 N–H and O–H groups in total. The summed E-state index contributed by atoms with van der Waals surface area (Å²) in [6.45, 7) is 5.86. The van der Waals surface area contributed by atoms with E-state index in [1.165, 1.54) is 11.1 Å². The first-order valence-electron chi connectivity index (χ1n) is 6.26. The number of hydrogen-bond donors (Lipinski definition) is 1. The molecule has 1 aliphatic rings. The SMILES string of the molecule is CCc1ccc(OC)c(C2COC(C)CN2)c1. The van der Waals surface area contributed by atoms with E-state index in [4.69, 9.17) is 9.47 Å². The summed E-state index contributed by atoms with van der Waals surface area (Å²) in [6, 6.07) is 6.63. The van der Waals surface area contributed by atoms with Gasteiger partial charge in [0, 0.05) is 12.1 Å². The van der Waals surface area contributed by atoms with Crippen molar-refractivity contribution in [2.45, 2.75) is 32.4 Å². The first-order valence-corrected chi connectivity index (χ1v) is 6.26. The number of aryl methyl sites for hydroxylation is 1. The minimum Gasteiger partial charge on any atom is -0.496 e. The number of rotatable bonds is 3. The smallest absolute Gasteiger partial charge is 0.123 e. The highest BCUT2D eigenvalue weighted by Gasteiger charge is 2.22. The fraction of sp³-hybridized carbons (Fsp3) is 0.571. The molecule has 2 atom stereocenters. The lowest BCUT2D eigenvalue weighted by atomic mass is 10.0. The van der Waals surface area contributed by atoms with Crippen LogP contribution < -0.4 is 10.1 Å². The molecular weight excluding hydrogens is 214 g/mol. The van der Waals surface area contributed by atoms with Crippen molar-refractivity contribution in [2.24, 2.45) is 0 Å². The molecular formula is C14H21NO2. The van der Waals surface area contributed by atoms with E-state index in [0.29, 0.717) is 12.7 Å². The molecule has 0 spiro atoms. The van der Waals surface area contributed by atoms with Crippen LogP contribution in [-0.2, 0) is 11.2 Å². The molecule has 1 aromatic carbocycles. The van der Waals surface area contributed by atoms with Crippen LogP contribution in [0, 0.1) is 0 Å².